The molecule has 1 aromatic carbocycles. The van der Waals surface area contributed by atoms with Gasteiger partial charge in [-0.1, -0.05) is 6.07 Å². The van der Waals surface area contributed by atoms with E-state index >= 15 is 0 Å². The molecule has 1 fully saturated rings. The van der Waals surface area contributed by atoms with Crippen molar-refractivity contribution in [3.63, 3.8) is 0 Å². The minimum absolute atomic E-state index is 0.0491. The molecule has 8 heteroatoms. The summed E-state index contributed by atoms with van der Waals surface area (Å²) in [6.45, 7) is 1.69. The third-order valence-electron chi connectivity index (χ3n) is 3.84. The van der Waals surface area contributed by atoms with E-state index in [0.717, 1.165) is 23.5 Å². The minimum atomic E-state index is -3.87. The Morgan fingerprint density at radius 1 is 1.27 bits per heavy atom. The maximum atomic E-state index is 14.1. The summed E-state index contributed by atoms with van der Waals surface area (Å²) in [5, 5.41) is 0.611. The molecule has 1 heterocycles. The lowest BCUT2D eigenvalue weighted by Crippen LogP contribution is -2.51. The Labute approximate surface area is 131 Å². The molecular formula is C14H14F2N2O2S2. The average molecular weight is 344 g/mol. The molecular weight excluding hydrogens is 330 g/mol. The molecule has 118 valence electrons. The Hall–Kier alpha value is -1.38. The first-order valence-corrected chi connectivity index (χ1v) is 9.05. The molecule has 0 bridgehead atoms. The molecule has 22 heavy (non-hydrogen) atoms. The summed E-state index contributed by atoms with van der Waals surface area (Å²) in [6, 6.07) is 3.55. The first-order valence-electron chi connectivity index (χ1n) is 6.75. The van der Waals surface area contributed by atoms with Gasteiger partial charge in [0.05, 0.1) is 16.7 Å². The predicted molar refractivity (Wildman–Crippen MR) is 79.1 cm³/mol. The molecule has 1 saturated carbocycles. The lowest BCUT2D eigenvalue weighted by atomic mass is 9.72. The van der Waals surface area contributed by atoms with Crippen molar-refractivity contribution >= 4 is 21.4 Å². The second kappa shape index (κ2) is 5.36. The van der Waals surface area contributed by atoms with Gasteiger partial charge in [0.2, 0.25) is 0 Å². The number of hydrogen-bond donors (Lipinski definition) is 1. The van der Waals surface area contributed by atoms with E-state index < -0.39 is 27.2 Å². The number of thiazole rings is 1. The third-order valence-corrected chi connectivity index (χ3v) is 6.75. The van der Waals surface area contributed by atoms with Gasteiger partial charge in [0.25, 0.3) is 10.0 Å². The lowest BCUT2D eigenvalue weighted by Gasteiger charge is -2.42. The van der Waals surface area contributed by atoms with E-state index in [9.17, 15) is 17.2 Å². The number of nitrogens with zero attached hydrogens (tertiary/aromatic N) is 1. The van der Waals surface area contributed by atoms with Gasteiger partial charge in [0.15, 0.2) is 4.21 Å². The van der Waals surface area contributed by atoms with Crippen LogP contribution in [0.2, 0.25) is 0 Å². The molecule has 2 aromatic rings. The van der Waals surface area contributed by atoms with Crippen LogP contribution in [0.3, 0.4) is 0 Å². The fraction of sp³-hybridized carbons (Fsp3) is 0.357. The van der Waals surface area contributed by atoms with Crippen molar-refractivity contribution in [1.82, 2.24) is 9.71 Å². The van der Waals surface area contributed by atoms with Crippen LogP contribution < -0.4 is 4.72 Å². The molecule has 0 radical (unpaired) electrons. The zero-order valence-electron chi connectivity index (χ0n) is 11.8. The van der Waals surface area contributed by atoms with Gasteiger partial charge < -0.3 is 0 Å². The highest BCUT2D eigenvalue weighted by Gasteiger charge is 2.46. The number of benzene rings is 1. The zero-order chi connectivity index (χ0) is 16.0. The largest absolute Gasteiger partial charge is 0.252 e. The second-order valence-corrected chi connectivity index (χ2v) is 8.48. The summed E-state index contributed by atoms with van der Waals surface area (Å²) in [6.07, 6.45) is 2.69. The lowest BCUT2D eigenvalue weighted by molar-refractivity contribution is 0.209. The smallest absolute Gasteiger partial charge is 0.249 e. The normalized spacial score (nSPS) is 17.2. The highest BCUT2D eigenvalue weighted by molar-refractivity contribution is 7.91. The monoisotopic (exact) mass is 344 g/mol. The predicted octanol–water partition coefficient (Wildman–Crippen LogP) is 3.09. The number of sulfonamides is 1. The Balaban J connectivity index is 2.02. The highest BCUT2D eigenvalue weighted by atomic mass is 32.2. The van der Waals surface area contributed by atoms with E-state index in [2.05, 4.69) is 9.71 Å². The quantitative estimate of drug-likeness (QED) is 0.927. The van der Waals surface area contributed by atoms with E-state index in [1.807, 2.05) is 0 Å². The van der Waals surface area contributed by atoms with Crippen molar-refractivity contribution < 1.29 is 17.2 Å². The fourth-order valence-electron chi connectivity index (χ4n) is 2.66. The molecule has 1 aliphatic rings. The molecule has 0 amide bonds. The number of aromatic nitrogens is 1. The van der Waals surface area contributed by atoms with Gasteiger partial charge >= 0.3 is 0 Å². The van der Waals surface area contributed by atoms with Crippen molar-refractivity contribution in [2.45, 2.75) is 35.9 Å². The minimum Gasteiger partial charge on any atom is -0.249 e. The summed E-state index contributed by atoms with van der Waals surface area (Å²) < 4.78 is 55.6. The van der Waals surface area contributed by atoms with Gasteiger partial charge in [-0.25, -0.2) is 22.2 Å². The standard InChI is InChI=1S/C14H14F2N2O2S2/c1-9-17-8-12(21-9)22(19,20)18-14(6-3-7-14)13-10(15)4-2-5-11(13)16/h2,4-5,8,18H,3,6-7H2,1H3. The highest BCUT2D eigenvalue weighted by Crippen LogP contribution is 2.44. The van der Waals surface area contributed by atoms with Crippen LogP contribution in [0.15, 0.2) is 28.6 Å². The van der Waals surface area contributed by atoms with Crippen molar-refractivity contribution in [3.8, 4) is 0 Å². The Morgan fingerprint density at radius 2 is 1.91 bits per heavy atom. The molecule has 1 aliphatic carbocycles. The zero-order valence-corrected chi connectivity index (χ0v) is 13.4. The van der Waals surface area contributed by atoms with Crippen LogP contribution in [0, 0.1) is 18.6 Å². The molecule has 3 rings (SSSR count). The Kier molecular flexibility index (Phi) is 3.78. The van der Waals surface area contributed by atoms with E-state index in [1.165, 1.54) is 12.3 Å². The third kappa shape index (κ3) is 2.55. The number of aryl methyl sites for hydroxylation is 1. The maximum Gasteiger partial charge on any atom is 0.252 e. The summed E-state index contributed by atoms with van der Waals surface area (Å²) in [4.78, 5) is 3.92. The first-order chi connectivity index (χ1) is 10.3. The number of hydrogen-bond acceptors (Lipinski definition) is 4. The molecule has 0 atom stereocenters. The van der Waals surface area contributed by atoms with Crippen LogP contribution >= 0.6 is 11.3 Å². The SMILES string of the molecule is Cc1ncc(S(=O)(=O)NC2(c3c(F)cccc3F)CCC2)s1. The van der Waals surface area contributed by atoms with E-state index in [-0.39, 0.29) is 9.77 Å². The van der Waals surface area contributed by atoms with Gasteiger partial charge in [-0.15, -0.1) is 11.3 Å². The van der Waals surface area contributed by atoms with E-state index in [1.54, 1.807) is 6.92 Å². The van der Waals surface area contributed by atoms with Crippen molar-refractivity contribution in [2.75, 3.05) is 0 Å². The molecule has 0 spiro atoms. The molecule has 1 N–H and O–H groups in total. The van der Waals surface area contributed by atoms with E-state index in [0.29, 0.717) is 24.3 Å². The van der Waals surface area contributed by atoms with Crippen LogP contribution in [0.4, 0.5) is 8.78 Å². The molecule has 4 nitrogen and oxygen atoms in total. The van der Waals surface area contributed by atoms with Crippen molar-refractivity contribution in [2.24, 2.45) is 0 Å². The van der Waals surface area contributed by atoms with Gasteiger partial charge in [0.1, 0.15) is 11.6 Å². The maximum absolute atomic E-state index is 14.1. The Bertz CT molecular complexity index is 794. The summed E-state index contributed by atoms with van der Waals surface area (Å²) in [7, 11) is -3.87. The van der Waals surface area contributed by atoms with Crippen LogP contribution in [0.25, 0.3) is 0 Å². The number of nitrogens with one attached hydrogen (secondary N) is 1. The van der Waals surface area contributed by atoms with Crippen LogP contribution in [0.1, 0.15) is 29.8 Å². The summed E-state index contributed by atoms with van der Waals surface area (Å²) >= 11 is 1.02. The second-order valence-electron chi connectivity index (χ2n) is 5.34. The van der Waals surface area contributed by atoms with E-state index in [4.69, 9.17) is 0 Å². The van der Waals surface area contributed by atoms with Crippen LogP contribution in [0.5, 0.6) is 0 Å². The molecule has 0 unspecified atom stereocenters. The van der Waals surface area contributed by atoms with Crippen LogP contribution in [-0.2, 0) is 15.6 Å². The molecule has 1 aromatic heterocycles. The Morgan fingerprint density at radius 3 is 2.36 bits per heavy atom. The first kappa shape index (κ1) is 15.5. The van der Waals surface area contributed by atoms with Gasteiger partial charge in [-0.2, -0.15) is 4.72 Å². The van der Waals surface area contributed by atoms with Gasteiger partial charge in [-0.3, -0.25) is 0 Å². The topological polar surface area (TPSA) is 59.1 Å². The van der Waals surface area contributed by atoms with Gasteiger partial charge in [-0.05, 0) is 38.3 Å². The molecule has 0 saturated heterocycles. The van der Waals surface area contributed by atoms with Crippen molar-refractivity contribution in [3.05, 3.63) is 46.6 Å². The van der Waals surface area contributed by atoms with Crippen molar-refractivity contribution in [1.29, 1.82) is 0 Å². The summed E-state index contributed by atoms with van der Waals surface area (Å²) in [5.41, 5.74) is -1.42. The summed E-state index contributed by atoms with van der Waals surface area (Å²) in [5.74, 6) is -1.47. The fourth-order valence-corrected chi connectivity index (χ4v) is 5.20. The van der Waals surface area contributed by atoms with Crippen LogP contribution in [-0.4, -0.2) is 13.4 Å². The van der Waals surface area contributed by atoms with Gasteiger partial charge in [0, 0.05) is 5.56 Å². The number of rotatable bonds is 4. The average Bonchev–Trinajstić information content (AvgIpc) is 2.83. The molecule has 0 aliphatic heterocycles. The number of halogens is 2.